The van der Waals surface area contributed by atoms with Crippen molar-refractivity contribution >= 4 is 0 Å². The number of piperidine rings is 1. The molecule has 1 fully saturated rings. The first-order valence-corrected chi connectivity index (χ1v) is 8.93. The largest absolute Gasteiger partial charge is 0.494 e. The number of rotatable bonds is 5. The van der Waals surface area contributed by atoms with E-state index >= 15 is 0 Å². The summed E-state index contributed by atoms with van der Waals surface area (Å²) < 4.78 is 18.9. The van der Waals surface area contributed by atoms with Crippen molar-refractivity contribution in [2.75, 3.05) is 34.3 Å². The summed E-state index contributed by atoms with van der Waals surface area (Å²) in [6.45, 7) is 2.12. The number of nitrogens with zero attached hydrogens (tertiary/aromatic N) is 2. The molecule has 2 aromatic rings. The van der Waals surface area contributed by atoms with Gasteiger partial charge in [0.1, 0.15) is 5.60 Å². The average molecular weight is 358 g/mol. The summed E-state index contributed by atoms with van der Waals surface area (Å²) in [6, 6.07) is 14.9. The lowest BCUT2D eigenvalue weighted by molar-refractivity contribution is -0.0893. The van der Waals surface area contributed by atoms with Gasteiger partial charge in [0.15, 0.2) is 11.6 Å². The molecule has 1 heterocycles. The standard InChI is InChI=1S/C21H27FN2O2/c1-23(2)20-15-24(14-16-9-10-19(26-3)18(22)13-16)12-11-21(20,25)17-7-5-4-6-8-17/h4-10,13,20,25H,11-12,14-15H2,1-3H3/t20-,21+/m1/s1. The SMILES string of the molecule is COc1ccc(CN2CC[C@](O)(c3ccccc3)[C@H](N(C)C)C2)cc1F. The van der Waals surface area contributed by atoms with Crippen LogP contribution in [-0.2, 0) is 12.1 Å². The van der Waals surface area contributed by atoms with Crippen molar-refractivity contribution in [2.24, 2.45) is 0 Å². The van der Waals surface area contributed by atoms with Gasteiger partial charge in [-0.15, -0.1) is 0 Å². The zero-order valence-corrected chi connectivity index (χ0v) is 15.7. The lowest BCUT2D eigenvalue weighted by Crippen LogP contribution is -2.58. The zero-order chi connectivity index (χ0) is 18.7. The molecule has 0 amide bonds. The lowest BCUT2D eigenvalue weighted by atomic mass is 9.79. The molecule has 0 radical (unpaired) electrons. The van der Waals surface area contributed by atoms with Crippen LogP contribution in [0.5, 0.6) is 5.75 Å². The van der Waals surface area contributed by atoms with E-state index in [1.54, 1.807) is 6.07 Å². The lowest BCUT2D eigenvalue weighted by Gasteiger charge is -2.47. The second kappa shape index (κ2) is 7.74. The van der Waals surface area contributed by atoms with Crippen LogP contribution in [0.1, 0.15) is 17.5 Å². The van der Waals surface area contributed by atoms with Crippen LogP contribution in [0.15, 0.2) is 48.5 Å². The topological polar surface area (TPSA) is 35.9 Å². The molecule has 1 saturated heterocycles. The van der Waals surface area contributed by atoms with E-state index in [1.165, 1.54) is 13.2 Å². The van der Waals surface area contributed by atoms with Gasteiger partial charge in [-0.3, -0.25) is 4.90 Å². The summed E-state index contributed by atoms with van der Waals surface area (Å²) in [5, 5.41) is 11.4. The zero-order valence-electron chi connectivity index (χ0n) is 15.7. The molecule has 0 aromatic heterocycles. The van der Waals surface area contributed by atoms with E-state index in [9.17, 15) is 9.50 Å². The first kappa shape index (κ1) is 18.8. The molecule has 0 saturated carbocycles. The maximum atomic E-state index is 14.0. The maximum Gasteiger partial charge on any atom is 0.165 e. The molecule has 1 aliphatic rings. The second-order valence-electron chi connectivity index (χ2n) is 7.22. The molecule has 2 aromatic carbocycles. The summed E-state index contributed by atoms with van der Waals surface area (Å²) in [5.41, 5.74) is 0.978. The van der Waals surface area contributed by atoms with E-state index in [-0.39, 0.29) is 17.6 Å². The van der Waals surface area contributed by atoms with Gasteiger partial charge >= 0.3 is 0 Å². The van der Waals surface area contributed by atoms with Gasteiger partial charge in [-0.05, 0) is 43.8 Å². The second-order valence-corrected chi connectivity index (χ2v) is 7.22. The fourth-order valence-electron chi connectivity index (χ4n) is 3.85. The summed E-state index contributed by atoms with van der Waals surface area (Å²) in [4.78, 5) is 4.34. The number of aliphatic hydroxyl groups is 1. The van der Waals surface area contributed by atoms with Crippen molar-refractivity contribution in [1.29, 1.82) is 0 Å². The van der Waals surface area contributed by atoms with Crippen molar-refractivity contribution in [2.45, 2.75) is 24.6 Å². The molecule has 1 N–H and O–H groups in total. The molecule has 3 rings (SSSR count). The van der Waals surface area contributed by atoms with Crippen LogP contribution >= 0.6 is 0 Å². The Morgan fingerprint density at radius 3 is 2.58 bits per heavy atom. The fourth-order valence-corrected chi connectivity index (χ4v) is 3.85. The van der Waals surface area contributed by atoms with Crippen molar-refractivity contribution in [3.05, 3.63) is 65.5 Å². The first-order valence-electron chi connectivity index (χ1n) is 8.93. The predicted octanol–water partition coefficient (Wildman–Crippen LogP) is 2.86. The maximum absolute atomic E-state index is 14.0. The highest BCUT2D eigenvalue weighted by Crippen LogP contribution is 2.35. The van der Waals surface area contributed by atoms with Crippen LogP contribution in [0.4, 0.5) is 4.39 Å². The number of likely N-dealkylation sites (N-methyl/N-ethyl adjacent to an activating group) is 1. The van der Waals surface area contributed by atoms with E-state index in [2.05, 4.69) is 9.80 Å². The van der Waals surface area contributed by atoms with Gasteiger partial charge in [0.25, 0.3) is 0 Å². The first-order chi connectivity index (χ1) is 12.4. The monoisotopic (exact) mass is 358 g/mol. The molecule has 5 heteroatoms. The van der Waals surface area contributed by atoms with E-state index in [4.69, 9.17) is 4.74 Å². The number of methoxy groups -OCH3 is 1. The Morgan fingerprint density at radius 1 is 1.23 bits per heavy atom. The summed E-state index contributed by atoms with van der Waals surface area (Å²) in [5.74, 6) is -0.0797. The van der Waals surface area contributed by atoms with Gasteiger partial charge in [0.05, 0.1) is 13.2 Å². The minimum absolute atomic E-state index is 0.0401. The quantitative estimate of drug-likeness (QED) is 0.892. The van der Waals surface area contributed by atoms with Crippen LogP contribution in [0, 0.1) is 5.82 Å². The number of ether oxygens (including phenoxy) is 1. The molecule has 4 nitrogen and oxygen atoms in total. The van der Waals surface area contributed by atoms with Crippen LogP contribution < -0.4 is 4.74 Å². The van der Waals surface area contributed by atoms with Gasteiger partial charge in [0.2, 0.25) is 0 Å². The van der Waals surface area contributed by atoms with Gasteiger partial charge in [-0.2, -0.15) is 0 Å². The van der Waals surface area contributed by atoms with Crippen LogP contribution in [-0.4, -0.2) is 55.2 Å². The molecular weight excluding hydrogens is 331 g/mol. The van der Waals surface area contributed by atoms with Gasteiger partial charge < -0.3 is 14.7 Å². The summed E-state index contributed by atoms with van der Waals surface area (Å²) in [7, 11) is 5.46. The Balaban J connectivity index is 1.77. The van der Waals surface area contributed by atoms with Gasteiger partial charge in [0, 0.05) is 19.6 Å². The third-order valence-corrected chi connectivity index (χ3v) is 5.31. The molecule has 0 aliphatic carbocycles. The third-order valence-electron chi connectivity index (χ3n) is 5.31. The molecular formula is C21H27FN2O2. The number of halogens is 1. The van der Waals surface area contributed by atoms with E-state index < -0.39 is 5.60 Å². The smallest absolute Gasteiger partial charge is 0.165 e. The highest BCUT2D eigenvalue weighted by molar-refractivity contribution is 5.30. The van der Waals surface area contributed by atoms with Crippen molar-refractivity contribution in [1.82, 2.24) is 9.80 Å². The molecule has 1 aliphatic heterocycles. The molecule has 0 unspecified atom stereocenters. The van der Waals surface area contributed by atoms with Crippen LogP contribution in [0.3, 0.4) is 0 Å². The fraction of sp³-hybridized carbons (Fsp3) is 0.429. The van der Waals surface area contributed by atoms with Crippen molar-refractivity contribution in [3.63, 3.8) is 0 Å². The average Bonchev–Trinajstić information content (AvgIpc) is 2.64. The minimum atomic E-state index is -0.883. The number of hydrogen-bond acceptors (Lipinski definition) is 4. The summed E-state index contributed by atoms with van der Waals surface area (Å²) in [6.07, 6.45) is 0.637. The van der Waals surface area contributed by atoms with E-state index in [0.29, 0.717) is 19.5 Å². The van der Waals surface area contributed by atoms with E-state index in [0.717, 1.165) is 17.7 Å². The molecule has 26 heavy (non-hydrogen) atoms. The van der Waals surface area contributed by atoms with Crippen LogP contribution in [0.2, 0.25) is 0 Å². The minimum Gasteiger partial charge on any atom is -0.494 e. The number of hydrogen-bond donors (Lipinski definition) is 1. The Labute approximate surface area is 154 Å². The molecule has 140 valence electrons. The molecule has 0 spiro atoms. The highest BCUT2D eigenvalue weighted by Gasteiger charge is 2.43. The normalized spacial score (nSPS) is 24.0. The Morgan fingerprint density at radius 2 is 1.96 bits per heavy atom. The van der Waals surface area contributed by atoms with Gasteiger partial charge in [-0.25, -0.2) is 4.39 Å². The van der Waals surface area contributed by atoms with Crippen molar-refractivity contribution < 1.29 is 14.2 Å². The highest BCUT2D eigenvalue weighted by atomic mass is 19.1. The molecule has 0 bridgehead atoms. The summed E-state index contributed by atoms with van der Waals surface area (Å²) >= 11 is 0. The number of benzene rings is 2. The van der Waals surface area contributed by atoms with Crippen molar-refractivity contribution in [3.8, 4) is 5.75 Å². The molecule has 2 atom stereocenters. The van der Waals surface area contributed by atoms with E-state index in [1.807, 2.05) is 50.5 Å². The van der Waals surface area contributed by atoms with Gasteiger partial charge in [-0.1, -0.05) is 36.4 Å². The Bertz CT molecular complexity index is 738. The van der Waals surface area contributed by atoms with Crippen LogP contribution in [0.25, 0.3) is 0 Å². The Kier molecular flexibility index (Phi) is 5.61. The Hall–Kier alpha value is -1.95. The predicted molar refractivity (Wildman–Crippen MR) is 101 cm³/mol. The third kappa shape index (κ3) is 3.75. The number of likely N-dealkylation sites (tertiary alicyclic amines) is 1.